The van der Waals surface area contributed by atoms with Crippen molar-refractivity contribution in [1.82, 2.24) is 15.1 Å². The number of nitrogens with zero attached hydrogens (tertiary/aromatic N) is 2. The van der Waals surface area contributed by atoms with Gasteiger partial charge in [-0.25, -0.2) is 4.39 Å². The van der Waals surface area contributed by atoms with Gasteiger partial charge in [-0.15, -0.1) is 0 Å². The minimum Gasteiger partial charge on any atom is -0.310 e. The highest BCUT2D eigenvalue weighted by Gasteiger charge is 2.20. The first-order chi connectivity index (χ1) is 9.13. The molecule has 3 nitrogen and oxygen atoms in total. The second-order valence-electron chi connectivity index (χ2n) is 5.26. The van der Waals surface area contributed by atoms with E-state index in [1.54, 1.807) is 10.7 Å². The molecule has 1 N–H and O–H groups in total. The van der Waals surface area contributed by atoms with Crippen molar-refractivity contribution in [3.05, 3.63) is 41.5 Å². The van der Waals surface area contributed by atoms with Crippen LogP contribution in [0.25, 0.3) is 11.1 Å². The Morgan fingerprint density at radius 2 is 2.21 bits per heavy atom. The lowest BCUT2D eigenvalue weighted by Gasteiger charge is -2.07. The minimum atomic E-state index is -0.140. The number of halogens is 1. The van der Waals surface area contributed by atoms with E-state index in [4.69, 9.17) is 0 Å². The molecular formula is C15H18FN3. The van der Waals surface area contributed by atoms with Gasteiger partial charge in [0.25, 0.3) is 0 Å². The molecule has 1 heterocycles. The van der Waals surface area contributed by atoms with Crippen molar-refractivity contribution in [2.45, 2.75) is 32.4 Å². The summed E-state index contributed by atoms with van der Waals surface area (Å²) in [6, 6.07) is 5.88. The summed E-state index contributed by atoms with van der Waals surface area (Å²) >= 11 is 0. The van der Waals surface area contributed by atoms with Crippen LogP contribution in [-0.4, -0.2) is 15.8 Å². The molecule has 0 atom stereocenters. The molecule has 3 rings (SSSR count). The molecular weight excluding hydrogens is 241 g/mol. The van der Waals surface area contributed by atoms with Crippen LogP contribution in [0.5, 0.6) is 0 Å². The summed E-state index contributed by atoms with van der Waals surface area (Å²) in [6.07, 6.45) is 4.40. The van der Waals surface area contributed by atoms with Crippen LogP contribution < -0.4 is 5.32 Å². The second kappa shape index (κ2) is 4.78. The zero-order valence-electron chi connectivity index (χ0n) is 11.3. The molecule has 1 fully saturated rings. The van der Waals surface area contributed by atoms with E-state index in [-0.39, 0.29) is 5.82 Å². The van der Waals surface area contributed by atoms with Crippen LogP contribution in [0.2, 0.25) is 0 Å². The Morgan fingerprint density at radius 3 is 2.84 bits per heavy atom. The van der Waals surface area contributed by atoms with Gasteiger partial charge in [0.2, 0.25) is 0 Å². The third-order valence-corrected chi connectivity index (χ3v) is 3.53. The Labute approximate surface area is 112 Å². The molecule has 0 amide bonds. The highest BCUT2D eigenvalue weighted by atomic mass is 19.1. The first-order valence-corrected chi connectivity index (χ1v) is 6.66. The molecule has 1 aliphatic rings. The van der Waals surface area contributed by atoms with Crippen LogP contribution in [0.15, 0.2) is 24.4 Å². The Balaban J connectivity index is 1.89. The molecule has 0 saturated heterocycles. The van der Waals surface area contributed by atoms with E-state index in [9.17, 15) is 4.39 Å². The third kappa shape index (κ3) is 2.68. The normalized spacial score (nSPS) is 14.9. The Hall–Kier alpha value is -1.68. The molecule has 0 bridgehead atoms. The minimum absolute atomic E-state index is 0.140. The maximum absolute atomic E-state index is 13.8. The van der Waals surface area contributed by atoms with Crippen molar-refractivity contribution in [1.29, 1.82) is 0 Å². The van der Waals surface area contributed by atoms with Gasteiger partial charge in [0.05, 0.1) is 5.69 Å². The van der Waals surface area contributed by atoms with Crippen molar-refractivity contribution < 1.29 is 4.39 Å². The van der Waals surface area contributed by atoms with E-state index >= 15 is 0 Å². The van der Waals surface area contributed by atoms with E-state index in [0.717, 1.165) is 22.4 Å². The van der Waals surface area contributed by atoms with Gasteiger partial charge in [-0.05, 0) is 37.5 Å². The smallest absolute Gasteiger partial charge is 0.127 e. The molecule has 19 heavy (non-hydrogen) atoms. The van der Waals surface area contributed by atoms with Gasteiger partial charge < -0.3 is 5.32 Å². The molecule has 100 valence electrons. The molecule has 4 heteroatoms. The van der Waals surface area contributed by atoms with E-state index in [1.807, 2.05) is 32.3 Å². The maximum Gasteiger partial charge on any atom is 0.127 e. The first-order valence-electron chi connectivity index (χ1n) is 6.66. The van der Waals surface area contributed by atoms with Gasteiger partial charge in [-0.1, -0.05) is 6.07 Å². The Bertz CT molecular complexity index is 599. The number of hydrogen-bond acceptors (Lipinski definition) is 2. The monoisotopic (exact) mass is 259 g/mol. The van der Waals surface area contributed by atoms with Crippen LogP contribution in [0.1, 0.15) is 24.1 Å². The van der Waals surface area contributed by atoms with Gasteiger partial charge in [0.1, 0.15) is 5.82 Å². The van der Waals surface area contributed by atoms with Gasteiger partial charge in [-0.2, -0.15) is 5.10 Å². The fourth-order valence-electron chi connectivity index (χ4n) is 2.30. The quantitative estimate of drug-likeness (QED) is 0.915. The highest BCUT2D eigenvalue weighted by Crippen LogP contribution is 2.25. The zero-order valence-corrected chi connectivity index (χ0v) is 11.3. The predicted octanol–water partition coefficient (Wildman–Crippen LogP) is 2.79. The summed E-state index contributed by atoms with van der Waals surface area (Å²) in [5, 5.41) is 7.68. The Morgan fingerprint density at radius 1 is 1.42 bits per heavy atom. The van der Waals surface area contributed by atoms with E-state index < -0.39 is 0 Å². The van der Waals surface area contributed by atoms with E-state index in [2.05, 4.69) is 10.4 Å². The molecule has 1 aliphatic carbocycles. The van der Waals surface area contributed by atoms with Crippen molar-refractivity contribution in [3.8, 4) is 11.1 Å². The number of rotatable bonds is 4. The molecule has 1 aromatic heterocycles. The van der Waals surface area contributed by atoms with E-state index in [1.165, 1.54) is 12.8 Å². The zero-order chi connectivity index (χ0) is 13.4. The molecule has 0 spiro atoms. The molecule has 1 saturated carbocycles. The van der Waals surface area contributed by atoms with Crippen molar-refractivity contribution >= 4 is 0 Å². The second-order valence-corrected chi connectivity index (χ2v) is 5.26. The average molecular weight is 259 g/mol. The summed E-state index contributed by atoms with van der Waals surface area (Å²) in [4.78, 5) is 0. The molecule has 2 aromatic rings. The molecule has 0 aliphatic heterocycles. The van der Waals surface area contributed by atoms with Crippen molar-refractivity contribution in [2.75, 3.05) is 0 Å². The number of nitrogens with one attached hydrogen (secondary N) is 1. The lowest BCUT2D eigenvalue weighted by molar-refractivity contribution is 0.587. The maximum atomic E-state index is 13.8. The summed E-state index contributed by atoms with van der Waals surface area (Å²) in [5.41, 5.74) is 3.79. The average Bonchev–Trinajstić information content (AvgIpc) is 3.13. The van der Waals surface area contributed by atoms with Gasteiger partial charge in [0, 0.05) is 37.0 Å². The predicted molar refractivity (Wildman–Crippen MR) is 73.2 cm³/mol. The van der Waals surface area contributed by atoms with Gasteiger partial charge >= 0.3 is 0 Å². The number of aryl methyl sites for hydroxylation is 2. The molecule has 0 unspecified atom stereocenters. The lowest BCUT2D eigenvalue weighted by atomic mass is 10.0. The fraction of sp³-hybridized carbons (Fsp3) is 0.400. The van der Waals surface area contributed by atoms with Crippen molar-refractivity contribution in [2.24, 2.45) is 7.05 Å². The summed E-state index contributed by atoms with van der Waals surface area (Å²) < 4.78 is 15.6. The number of aromatic nitrogens is 2. The van der Waals surface area contributed by atoms with E-state index in [0.29, 0.717) is 12.6 Å². The standard InChI is InChI=1S/C15H18FN3/c1-10-14(9-19(2)18-10)11-3-6-15(16)12(7-11)8-17-13-4-5-13/h3,6-7,9,13,17H,4-5,8H2,1-2H3. The fourth-order valence-corrected chi connectivity index (χ4v) is 2.30. The van der Waals surface area contributed by atoms with Crippen LogP contribution in [-0.2, 0) is 13.6 Å². The Kier molecular flexibility index (Phi) is 3.11. The van der Waals surface area contributed by atoms with Crippen molar-refractivity contribution in [3.63, 3.8) is 0 Å². The highest BCUT2D eigenvalue weighted by molar-refractivity contribution is 5.65. The van der Waals surface area contributed by atoms with Crippen LogP contribution in [0, 0.1) is 12.7 Å². The van der Waals surface area contributed by atoms with Crippen LogP contribution in [0.4, 0.5) is 4.39 Å². The topological polar surface area (TPSA) is 29.9 Å². The summed E-state index contributed by atoms with van der Waals surface area (Å²) in [7, 11) is 1.90. The first kappa shape index (κ1) is 12.4. The number of benzene rings is 1. The van der Waals surface area contributed by atoms with Crippen LogP contribution >= 0.6 is 0 Å². The van der Waals surface area contributed by atoms with Gasteiger partial charge in [0.15, 0.2) is 0 Å². The third-order valence-electron chi connectivity index (χ3n) is 3.53. The molecule has 1 aromatic carbocycles. The number of hydrogen-bond donors (Lipinski definition) is 1. The molecule has 0 radical (unpaired) electrons. The largest absolute Gasteiger partial charge is 0.310 e. The summed E-state index contributed by atoms with van der Waals surface area (Å²) in [6.45, 7) is 2.57. The van der Waals surface area contributed by atoms with Gasteiger partial charge in [-0.3, -0.25) is 4.68 Å². The van der Waals surface area contributed by atoms with Crippen LogP contribution in [0.3, 0.4) is 0 Å². The summed E-state index contributed by atoms with van der Waals surface area (Å²) in [5.74, 6) is -0.140. The lowest BCUT2D eigenvalue weighted by Crippen LogP contribution is -2.16. The SMILES string of the molecule is Cc1nn(C)cc1-c1ccc(F)c(CNC2CC2)c1.